The summed E-state index contributed by atoms with van der Waals surface area (Å²) >= 11 is 0. The Bertz CT molecular complexity index is 545. The summed E-state index contributed by atoms with van der Waals surface area (Å²) < 4.78 is 2.42. The van der Waals surface area contributed by atoms with Crippen molar-refractivity contribution >= 4 is 0 Å². The lowest BCUT2D eigenvalue weighted by molar-refractivity contribution is -0.946. The Balaban J connectivity index is 3.47. The van der Waals surface area contributed by atoms with Crippen LogP contribution in [0, 0.1) is 0 Å². The van der Waals surface area contributed by atoms with Crippen LogP contribution in [0.15, 0.2) is 0 Å². The fourth-order valence-corrected chi connectivity index (χ4v) is 7.65. The van der Waals surface area contributed by atoms with E-state index in [0.29, 0.717) is 0 Å². The monoisotopic (exact) mass is 679 g/mol. The van der Waals surface area contributed by atoms with Gasteiger partial charge in [-0.2, -0.15) is 0 Å². The molecular formula is C46H98N2+2. The highest BCUT2D eigenvalue weighted by atomic mass is 15.4. The molecule has 0 unspecified atom stereocenters. The maximum absolute atomic E-state index is 2.48. The minimum atomic E-state index is 1.21. The first-order valence-electron chi connectivity index (χ1n) is 23.0. The first-order valence-corrected chi connectivity index (χ1v) is 23.0. The van der Waals surface area contributed by atoms with E-state index in [-0.39, 0.29) is 0 Å². The second kappa shape index (κ2) is 36.7. The topological polar surface area (TPSA) is 0 Å². The minimum Gasteiger partial charge on any atom is -0.324 e. The molecule has 0 aliphatic carbocycles. The third-order valence-corrected chi connectivity index (χ3v) is 11.5. The van der Waals surface area contributed by atoms with Crippen molar-refractivity contribution in [1.82, 2.24) is 0 Å². The van der Waals surface area contributed by atoms with Crippen LogP contribution in [0.25, 0.3) is 0 Å². The molecule has 0 aromatic rings. The van der Waals surface area contributed by atoms with Crippen molar-refractivity contribution in [1.29, 1.82) is 0 Å². The van der Waals surface area contributed by atoms with Crippen molar-refractivity contribution in [2.24, 2.45) is 0 Å². The number of nitrogens with zero attached hydrogens (tertiary/aromatic N) is 2. The summed E-state index contributed by atoms with van der Waals surface area (Å²) in [6, 6.07) is 0. The molecule has 48 heavy (non-hydrogen) atoms. The van der Waals surface area contributed by atoms with E-state index in [4.69, 9.17) is 0 Å². The summed E-state index contributed by atoms with van der Waals surface area (Å²) in [5, 5.41) is 0. The maximum atomic E-state index is 2.48. The third kappa shape index (κ3) is 38.7. The first kappa shape index (κ1) is 47.9. The molecule has 290 valence electrons. The largest absolute Gasteiger partial charge is 0.324 e. The van der Waals surface area contributed by atoms with Crippen LogP contribution in [0.3, 0.4) is 0 Å². The highest BCUT2D eigenvalue weighted by molar-refractivity contribution is 4.53. The van der Waals surface area contributed by atoms with Crippen molar-refractivity contribution < 1.29 is 8.97 Å². The summed E-state index contributed by atoms with van der Waals surface area (Å²) in [6.07, 6.45) is 52.7. The first-order chi connectivity index (χ1) is 23.3. The van der Waals surface area contributed by atoms with Gasteiger partial charge < -0.3 is 8.97 Å². The normalized spacial score (nSPS) is 12.4. The Kier molecular flexibility index (Phi) is 36.6. The van der Waals surface area contributed by atoms with Gasteiger partial charge in [0.25, 0.3) is 0 Å². The zero-order valence-electron chi connectivity index (χ0n) is 35.2. The summed E-state index contributed by atoms with van der Waals surface area (Å²) in [7, 11) is 9.91. The Labute approximate surface area is 307 Å². The van der Waals surface area contributed by atoms with Crippen molar-refractivity contribution in [2.45, 2.75) is 245 Å². The molecule has 0 saturated heterocycles. The Hall–Kier alpha value is -0.0800. The van der Waals surface area contributed by atoms with Crippen LogP contribution >= 0.6 is 0 Å². The average Bonchev–Trinajstić information content (AvgIpc) is 3.06. The van der Waals surface area contributed by atoms with Gasteiger partial charge in [0.15, 0.2) is 0 Å². The fourth-order valence-electron chi connectivity index (χ4n) is 7.65. The van der Waals surface area contributed by atoms with E-state index in [1.54, 1.807) is 0 Å². The molecule has 2 heteroatoms. The molecule has 0 aromatic carbocycles. The quantitative estimate of drug-likeness (QED) is 0.0446. The van der Waals surface area contributed by atoms with Crippen LogP contribution in [0.1, 0.15) is 245 Å². The van der Waals surface area contributed by atoms with E-state index in [9.17, 15) is 0 Å². The lowest BCUT2D eigenvalue weighted by atomic mass is 10.0. The van der Waals surface area contributed by atoms with Crippen LogP contribution in [-0.2, 0) is 0 Å². The van der Waals surface area contributed by atoms with Crippen molar-refractivity contribution in [3.05, 3.63) is 0 Å². The second-order valence-electron chi connectivity index (χ2n) is 17.8. The third-order valence-electron chi connectivity index (χ3n) is 11.5. The lowest BCUT2D eigenvalue weighted by Crippen LogP contribution is -2.51. The molecule has 0 atom stereocenters. The smallest absolute Gasteiger partial charge is 0.128 e. The molecule has 0 fully saturated rings. The summed E-state index contributed by atoms with van der Waals surface area (Å²) in [5.74, 6) is 0. The van der Waals surface area contributed by atoms with Gasteiger partial charge in [0, 0.05) is 0 Å². The Morgan fingerprint density at radius 1 is 0.188 bits per heavy atom. The van der Waals surface area contributed by atoms with Gasteiger partial charge in [-0.3, -0.25) is 0 Å². The van der Waals surface area contributed by atoms with Crippen molar-refractivity contribution in [2.75, 3.05) is 54.4 Å². The Morgan fingerprint density at radius 2 is 0.333 bits per heavy atom. The number of hydrogen-bond acceptors (Lipinski definition) is 0. The highest BCUT2D eigenvalue weighted by Gasteiger charge is 2.22. The molecule has 0 spiro atoms. The van der Waals surface area contributed by atoms with E-state index < -0.39 is 0 Å². The number of quaternary nitrogens is 2. The van der Waals surface area contributed by atoms with E-state index in [0.717, 1.165) is 0 Å². The molecule has 0 amide bonds. The molecule has 0 radical (unpaired) electrons. The summed E-state index contributed by atoms with van der Waals surface area (Å²) in [6.45, 7) is 9.99. The SMILES string of the molecule is CCCCCCCCCCCCCCCCCCCC[N+](C)(C)CC[N+](C)(C)CCCCCCCCCCCCCCCCCCCC. The fraction of sp³-hybridized carbons (Fsp3) is 1.00. The van der Waals surface area contributed by atoms with Gasteiger partial charge in [-0.1, -0.05) is 219 Å². The van der Waals surface area contributed by atoms with Gasteiger partial charge in [-0.25, -0.2) is 0 Å². The lowest BCUT2D eigenvalue weighted by Gasteiger charge is -2.36. The predicted molar refractivity (Wildman–Crippen MR) is 221 cm³/mol. The van der Waals surface area contributed by atoms with E-state index in [1.807, 2.05) is 0 Å². The van der Waals surface area contributed by atoms with Crippen molar-refractivity contribution in [3.63, 3.8) is 0 Å². The van der Waals surface area contributed by atoms with Crippen LogP contribution in [0.5, 0.6) is 0 Å². The minimum absolute atomic E-state index is 1.21. The number of unbranched alkanes of at least 4 members (excludes halogenated alkanes) is 34. The Morgan fingerprint density at radius 3 is 0.500 bits per heavy atom. The molecular weight excluding hydrogens is 581 g/mol. The molecule has 0 rings (SSSR count). The second-order valence-corrected chi connectivity index (χ2v) is 17.8. The number of likely N-dealkylation sites (N-methyl/N-ethyl adjacent to an activating group) is 2. The molecule has 0 aliphatic heterocycles. The maximum Gasteiger partial charge on any atom is 0.128 e. The van der Waals surface area contributed by atoms with Gasteiger partial charge in [0.05, 0.1) is 41.3 Å². The molecule has 0 aliphatic rings. The average molecular weight is 679 g/mol. The molecule has 0 N–H and O–H groups in total. The summed E-state index contributed by atoms with van der Waals surface area (Å²) in [5.41, 5.74) is 0. The van der Waals surface area contributed by atoms with Gasteiger partial charge in [-0.15, -0.1) is 0 Å². The van der Waals surface area contributed by atoms with E-state index in [2.05, 4.69) is 42.0 Å². The molecule has 0 saturated carbocycles. The van der Waals surface area contributed by atoms with Crippen LogP contribution < -0.4 is 0 Å². The molecule has 0 bridgehead atoms. The summed E-state index contributed by atoms with van der Waals surface area (Å²) in [4.78, 5) is 0. The van der Waals surface area contributed by atoms with Gasteiger partial charge >= 0.3 is 0 Å². The van der Waals surface area contributed by atoms with E-state index in [1.165, 1.54) is 266 Å². The van der Waals surface area contributed by atoms with Gasteiger partial charge in [0.1, 0.15) is 13.1 Å². The number of hydrogen-bond donors (Lipinski definition) is 0. The zero-order valence-corrected chi connectivity index (χ0v) is 35.2. The molecule has 0 aromatic heterocycles. The molecule has 0 heterocycles. The zero-order chi connectivity index (χ0) is 35.3. The highest BCUT2D eigenvalue weighted by Crippen LogP contribution is 2.17. The number of rotatable bonds is 41. The van der Waals surface area contributed by atoms with Gasteiger partial charge in [-0.05, 0) is 25.7 Å². The standard InChI is InChI=1S/C46H98N2/c1-7-9-11-13-15-17-19-21-23-25-27-29-31-33-35-37-39-41-43-47(3,4)45-46-48(5,6)44-42-40-38-36-34-32-30-28-26-24-22-20-18-16-14-12-10-8-2/h7-46H2,1-6H3/q+2. The van der Waals surface area contributed by atoms with Gasteiger partial charge in [0.2, 0.25) is 0 Å². The van der Waals surface area contributed by atoms with Crippen molar-refractivity contribution in [3.8, 4) is 0 Å². The van der Waals surface area contributed by atoms with Crippen LogP contribution in [-0.4, -0.2) is 63.3 Å². The van der Waals surface area contributed by atoms with E-state index >= 15 is 0 Å². The van der Waals surface area contributed by atoms with Crippen LogP contribution in [0.4, 0.5) is 0 Å². The predicted octanol–water partition coefficient (Wildman–Crippen LogP) is 15.2. The van der Waals surface area contributed by atoms with Crippen LogP contribution in [0.2, 0.25) is 0 Å². The molecule has 2 nitrogen and oxygen atoms in total.